The maximum atomic E-state index is 9.07. The molecule has 0 bridgehead atoms. The van der Waals surface area contributed by atoms with E-state index in [0.717, 1.165) is 21.3 Å². The van der Waals surface area contributed by atoms with Gasteiger partial charge < -0.3 is 5.32 Å². The van der Waals surface area contributed by atoms with Gasteiger partial charge in [-0.05, 0) is 26.0 Å². The molecule has 1 N–H and O–H groups in total. The van der Waals surface area contributed by atoms with E-state index >= 15 is 0 Å². The minimum Gasteiger partial charge on any atom is -0.315 e. The van der Waals surface area contributed by atoms with Crippen LogP contribution in [0.5, 0.6) is 0 Å². The van der Waals surface area contributed by atoms with Crippen molar-refractivity contribution >= 4 is 33.6 Å². The van der Waals surface area contributed by atoms with Crippen LogP contribution in [0.15, 0.2) is 23.7 Å². The number of hydrogen-bond acceptors (Lipinski definition) is 7. The van der Waals surface area contributed by atoms with Gasteiger partial charge in [-0.3, -0.25) is 0 Å². The van der Waals surface area contributed by atoms with Crippen molar-refractivity contribution in [3.8, 4) is 16.6 Å². The number of rotatable bonds is 3. The molecule has 5 nitrogen and oxygen atoms in total. The maximum absolute atomic E-state index is 9.07. The van der Waals surface area contributed by atoms with Crippen LogP contribution in [0.1, 0.15) is 16.3 Å². The lowest BCUT2D eigenvalue weighted by Crippen LogP contribution is -1.95. The Balaban J connectivity index is 1.89. The Labute approximate surface area is 130 Å². The van der Waals surface area contributed by atoms with Crippen LogP contribution in [0.25, 0.3) is 10.6 Å². The molecule has 0 saturated carbocycles. The van der Waals surface area contributed by atoms with E-state index in [2.05, 4.69) is 26.3 Å². The van der Waals surface area contributed by atoms with Gasteiger partial charge in [0.15, 0.2) is 5.13 Å². The predicted octanol–water partition coefficient (Wildman–Crippen LogP) is 3.89. The number of nitrogens with zero attached hydrogens (tertiary/aromatic N) is 4. The number of nitriles is 1. The highest BCUT2D eigenvalue weighted by Crippen LogP contribution is 2.32. The quantitative estimate of drug-likeness (QED) is 0.794. The lowest BCUT2D eigenvalue weighted by atomic mass is 10.3. The molecule has 3 aromatic rings. The Kier molecular flexibility index (Phi) is 3.64. The van der Waals surface area contributed by atoms with E-state index in [9.17, 15) is 0 Å². The molecule has 0 radical (unpaired) electrons. The fraction of sp³-hybridized carbons (Fsp3) is 0.143. The third-order valence-corrected chi connectivity index (χ3v) is 4.65. The molecule has 0 spiro atoms. The second-order valence-electron chi connectivity index (χ2n) is 4.32. The fourth-order valence-corrected chi connectivity index (χ4v) is 3.56. The maximum Gasteiger partial charge on any atom is 0.188 e. The summed E-state index contributed by atoms with van der Waals surface area (Å²) in [6, 6.07) is 5.57. The van der Waals surface area contributed by atoms with Gasteiger partial charge in [-0.1, -0.05) is 0 Å². The molecule has 0 amide bonds. The van der Waals surface area contributed by atoms with Crippen molar-refractivity contribution in [3.05, 3.63) is 40.0 Å². The van der Waals surface area contributed by atoms with Gasteiger partial charge >= 0.3 is 0 Å². The summed E-state index contributed by atoms with van der Waals surface area (Å²) in [6.45, 7) is 3.97. The molecule has 0 aliphatic rings. The summed E-state index contributed by atoms with van der Waals surface area (Å²) in [7, 11) is 0. The average molecular weight is 313 g/mol. The van der Waals surface area contributed by atoms with E-state index in [1.165, 1.54) is 11.3 Å². The largest absolute Gasteiger partial charge is 0.315 e. The number of nitrogens with one attached hydrogen (secondary N) is 1. The molecular weight excluding hydrogens is 302 g/mol. The van der Waals surface area contributed by atoms with Gasteiger partial charge in [0.2, 0.25) is 0 Å². The van der Waals surface area contributed by atoms with Crippen molar-refractivity contribution in [1.29, 1.82) is 5.26 Å². The fourth-order valence-electron chi connectivity index (χ4n) is 1.90. The van der Waals surface area contributed by atoms with E-state index in [-0.39, 0.29) is 0 Å². The first-order valence-corrected chi connectivity index (χ1v) is 7.89. The minimum absolute atomic E-state index is 0.499. The molecule has 3 aromatic heterocycles. The highest BCUT2D eigenvalue weighted by Gasteiger charge is 2.12. The zero-order valence-corrected chi connectivity index (χ0v) is 13.0. The van der Waals surface area contributed by atoms with Crippen LogP contribution in [-0.4, -0.2) is 15.0 Å². The number of hydrogen-bond donors (Lipinski definition) is 1. The molecule has 3 heterocycles. The Bertz CT molecular complexity index is 828. The van der Waals surface area contributed by atoms with E-state index in [0.29, 0.717) is 16.5 Å². The minimum atomic E-state index is 0.499. The second kappa shape index (κ2) is 5.60. The summed E-state index contributed by atoms with van der Waals surface area (Å²) < 4.78 is 0. The van der Waals surface area contributed by atoms with Crippen LogP contribution >= 0.6 is 22.7 Å². The first-order valence-electron chi connectivity index (χ1n) is 6.19. The van der Waals surface area contributed by atoms with Crippen molar-refractivity contribution in [2.75, 3.05) is 5.32 Å². The first-order chi connectivity index (χ1) is 10.2. The van der Waals surface area contributed by atoms with Crippen LogP contribution in [-0.2, 0) is 0 Å². The molecule has 0 aliphatic carbocycles. The summed E-state index contributed by atoms with van der Waals surface area (Å²) >= 11 is 3.12. The molecular formula is C14H11N5S2. The second-order valence-corrected chi connectivity index (χ2v) is 6.38. The average Bonchev–Trinajstić information content (AvgIpc) is 3.06. The number of aryl methyl sites for hydroxylation is 2. The van der Waals surface area contributed by atoms with Gasteiger partial charge in [0.05, 0.1) is 26.8 Å². The monoisotopic (exact) mass is 313 g/mol. The van der Waals surface area contributed by atoms with E-state index in [4.69, 9.17) is 5.26 Å². The van der Waals surface area contributed by atoms with Crippen molar-refractivity contribution in [3.63, 3.8) is 0 Å². The van der Waals surface area contributed by atoms with Crippen molar-refractivity contribution in [2.45, 2.75) is 13.8 Å². The van der Waals surface area contributed by atoms with Crippen LogP contribution in [0, 0.1) is 25.2 Å². The third-order valence-electron chi connectivity index (χ3n) is 2.79. The van der Waals surface area contributed by atoms with Crippen molar-refractivity contribution in [2.24, 2.45) is 0 Å². The molecule has 0 fully saturated rings. The SMILES string of the molecule is Cc1nc(C)c(-c2csc(Nc3ncccc3C#N)n2)s1. The molecule has 104 valence electrons. The van der Waals surface area contributed by atoms with Gasteiger partial charge in [-0.15, -0.1) is 22.7 Å². The molecule has 0 aliphatic heterocycles. The summed E-state index contributed by atoms with van der Waals surface area (Å²) in [5.41, 5.74) is 2.39. The molecule has 0 saturated heterocycles. The molecule has 0 unspecified atom stereocenters. The highest BCUT2D eigenvalue weighted by molar-refractivity contribution is 7.16. The van der Waals surface area contributed by atoms with Gasteiger partial charge in [-0.2, -0.15) is 5.26 Å². The summed E-state index contributed by atoms with van der Waals surface area (Å²) in [5, 5.41) is 15.9. The number of aromatic nitrogens is 3. The standard InChI is InChI=1S/C14H11N5S2/c1-8-12(21-9(2)17-8)11-7-20-14(18-11)19-13-10(6-15)4-3-5-16-13/h3-5,7H,1-2H3,(H,16,18,19). The van der Waals surface area contributed by atoms with Gasteiger partial charge in [0.25, 0.3) is 0 Å². The topological polar surface area (TPSA) is 74.5 Å². The summed E-state index contributed by atoms with van der Waals surface area (Å²) in [6.07, 6.45) is 1.65. The smallest absolute Gasteiger partial charge is 0.188 e. The zero-order valence-electron chi connectivity index (χ0n) is 11.4. The summed E-state index contributed by atoms with van der Waals surface area (Å²) in [4.78, 5) is 14.2. The summed E-state index contributed by atoms with van der Waals surface area (Å²) in [5.74, 6) is 0.526. The highest BCUT2D eigenvalue weighted by atomic mass is 32.1. The van der Waals surface area contributed by atoms with Crippen LogP contribution in [0.3, 0.4) is 0 Å². The molecule has 7 heteroatoms. The van der Waals surface area contributed by atoms with Crippen LogP contribution < -0.4 is 5.32 Å². The molecule has 21 heavy (non-hydrogen) atoms. The number of pyridine rings is 1. The zero-order chi connectivity index (χ0) is 14.8. The normalized spacial score (nSPS) is 10.3. The molecule has 3 rings (SSSR count). The number of anilines is 2. The predicted molar refractivity (Wildman–Crippen MR) is 84.9 cm³/mol. The van der Waals surface area contributed by atoms with Crippen LogP contribution in [0.2, 0.25) is 0 Å². The van der Waals surface area contributed by atoms with E-state index in [1.54, 1.807) is 29.7 Å². The Morgan fingerprint density at radius 2 is 2.14 bits per heavy atom. The van der Waals surface area contributed by atoms with Gasteiger partial charge in [0.1, 0.15) is 11.9 Å². The molecule has 0 atom stereocenters. The van der Waals surface area contributed by atoms with Crippen molar-refractivity contribution < 1.29 is 0 Å². The number of thiazole rings is 2. The molecule has 0 aromatic carbocycles. The van der Waals surface area contributed by atoms with Gasteiger partial charge in [0, 0.05) is 11.6 Å². The van der Waals surface area contributed by atoms with Crippen LogP contribution in [0.4, 0.5) is 10.9 Å². The third kappa shape index (κ3) is 2.77. The van der Waals surface area contributed by atoms with Gasteiger partial charge in [-0.25, -0.2) is 15.0 Å². The Morgan fingerprint density at radius 3 is 2.86 bits per heavy atom. The van der Waals surface area contributed by atoms with E-state index in [1.807, 2.05) is 19.2 Å². The lowest BCUT2D eigenvalue weighted by molar-refractivity contribution is 1.20. The lowest BCUT2D eigenvalue weighted by Gasteiger charge is -2.02. The Hall–Kier alpha value is -2.30. The Morgan fingerprint density at radius 1 is 1.29 bits per heavy atom. The van der Waals surface area contributed by atoms with Crippen molar-refractivity contribution in [1.82, 2.24) is 15.0 Å². The van der Waals surface area contributed by atoms with E-state index < -0.39 is 0 Å². The first kappa shape index (κ1) is 13.7.